The first-order valence-corrected chi connectivity index (χ1v) is 6.61. The van der Waals surface area contributed by atoms with E-state index in [1.807, 2.05) is 12.3 Å². The predicted octanol–water partition coefficient (Wildman–Crippen LogP) is 1.46. The van der Waals surface area contributed by atoms with E-state index in [9.17, 15) is 0 Å². The van der Waals surface area contributed by atoms with Crippen LogP contribution in [0.4, 0.5) is 5.69 Å². The van der Waals surface area contributed by atoms with E-state index in [2.05, 4.69) is 42.0 Å². The van der Waals surface area contributed by atoms with Gasteiger partial charge in [0.1, 0.15) is 0 Å². The van der Waals surface area contributed by atoms with Crippen molar-refractivity contribution in [3.8, 4) is 0 Å². The molecule has 1 aliphatic rings. The number of likely N-dealkylation sites (N-methyl/N-ethyl adjacent to an activating group) is 2. The summed E-state index contributed by atoms with van der Waals surface area (Å²) in [6, 6.07) is 4.09. The number of hydrogen-bond acceptors (Lipinski definition) is 4. The van der Waals surface area contributed by atoms with E-state index < -0.39 is 0 Å². The summed E-state index contributed by atoms with van der Waals surface area (Å²) in [5, 5.41) is 0. The van der Waals surface area contributed by atoms with Gasteiger partial charge in [-0.15, -0.1) is 0 Å². The molecule has 0 saturated heterocycles. The van der Waals surface area contributed by atoms with Crippen LogP contribution in [0.3, 0.4) is 0 Å². The summed E-state index contributed by atoms with van der Waals surface area (Å²) in [5.41, 5.74) is 8.23. The molecule has 4 heteroatoms. The maximum absolute atomic E-state index is 5.76. The van der Waals surface area contributed by atoms with Crippen molar-refractivity contribution in [2.24, 2.45) is 5.73 Å². The van der Waals surface area contributed by atoms with Crippen LogP contribution in [-0.2, 0) is 6.54 Å². The molecule has 0 aliphatic heterocycles. The molecule has 0 bridgehead atoms. The summed E-state index contributed by atoms with van der Waals surface area (Å²) in [7, 11) is 6.50. The summed E-state index contributed by atoms with van der Waals surface area (Å²) in [4.78, 5) is 9.02. The Labute approximate surface area is 110 Å². The van der Waals surface area contributed by atoms with Crippen LogP contribution in [0.15, 0.2) is 18.3 Å². The molecule has 0 unspecified atom stereocenters. The van der Waals surface area contributed by atoms with Gasteiger partial charge in [-0.05, 0) is 45.5 Å². The van der Waals surface area contributed by atoms with E-state index in [0.717, 1.165) is 17.9 Å². The third-order valence-electron chi connectivity index (χ3n) is 4.24. The Hall–Kier alpha value is -1.13. The number of aromatic nitrogens is 1. The molecular weight excluding hydrogens is 224 g/mol. The molecule has 2 rings (SSSR count). The molecule has 1 heterocycles. The molecular formula is C14H24N4. The quantitative estimate of drug-likeness (QED) is 0.857. The zero-order valence-corrected chi connectivity index (χ0v) is 11.7. The average molecular weight is 248 g/mol. The van der Waals surface area contributed by atoms with Crippen molar-refractivity contribution in [2.75, 3.05) is 32.6 Å². The second-order valence-electron chi connectivity index (χ2n) is 5.50. The van der Waals surface area contributed by atoms with Gasteiger partial charge in [0.25, 0.3) is 0 Å². The smallest absolute Gasteiger partial charge is 0.0772 e. The minimum absolute atomic E-state index is 0.330. The molecule has 0 spiro atoms. The number of hydrogen-bond donors (Lipinski definition) is 1. The topological polar surface area (TPSA) is 45.4 Å². The highest BCUT2D eigenvalue weighted by atomic mass is 15.2. The minimum Gasteiger partial charge on any atom is -0.371 e. The fourth-order valence-corrected chi connectivity index (χ4v) is 2.79. The van der Waals surface area contributed by atoms with Gasteiger partial charge in [-0.2, -0.15) is 0 Å². The summed E-state index contributed by atoms with van der Waals surface area (Å²) in [6.45, 7) is 1.54. The van der Waals surface area contributed by atoms with Gasteiger partial charge >= 0.3 is 0 Å². The molecule has 4 nitrogen and oxygen atoms in total. The van der Waals surface area contributed by atoms with Gasteiger partial charge in [0.2, 0.25) is 0 Å². The predicted molar refractivity (Wildman–Crippen MR) is 75.7 cm³/mol. The Balaban J connectivity index is 2.14. The fraction of sp³-hybridized carbons (Fsp3) is 0.643. The Morgan fingerprint density at radius 1 is 1.33 bits per heavy atom. The van der Waals surface area contributed by atoms with Gasteiger partial charge in [-0.3, -0.25) is 4.98 Å². The summed E-state index contributed by atoms with van der Waals surface area (Å²) >= 11 is 0. The van der Waals surface area contributed by atoms with Gasteiger partial charge in [-0.1, -0.05) is 0 Å². The van der Waals surface area contributed by atoms with Crippen LogP contribution < -0.4 is 10.6 Å². The zero-order valence-electron chi connectivity index (χ0n) is 11.7. The molecule has 0 aromatic carbocycles. The van der Waals surface area contributed by atoms with Crippen molar-refractivity contribution in [2.45, 2.75) is 31.3 Å². The molecule has 100 valence electrons. The van der Waals surface area contributed by atoms with Crippen LogP contribution in [0.25, 0.3) is 0 Å². The van der Waals surface area contributed by atoms with E-state index in [1.54, 1.807) is 0 Å². The van der Waals surface area contributed by atoms with Crippen LogP contribution >= 0.6 is 0 Å². The first kappa shape index (κ1) is 13.3. The SMILES string of the molecule is CN(CC1(N(C)C)CCC1)c1cccnc1CN. The Morgan fingerprint density at radius 3 is 2.56 bits per heavy atom. The molecule has 18 heavy (non-hydrogen) atoms. The van der Waals surface area contributed by atoms with Gasteiger partial charge < -0.3 is 15.5 Å². The zero-order chi connectivity index (χ0) is 13.2. The third kappa shape index (κ3) is 2.35. The molecule has 1 fully saturated rings. The van der Waals surface area contributed by atoms with E-state index >= 15 is 0 Å². The van der Waals surface area contributed by atoms with Crippen molar-refractivity contribution in [3.63, 3.8) is 0 Å². The highest BCUT2D eigenvalue weighted by Crippen LogP contribution is 2.37. The molecule has 2 N–H and O–H groups in total. The standard InChI is InChI=1S/C14H24N4/c1-17(2)14(7-5-8-14)11-18(3)13-6-4-9-16-12(13)10-15/h4,6,9H,5,7-8,10-11,15H2,1-3H3. The molecule has 1 aromatic rings. The minimum atomic E-state index is 0.330. The lowest BCUT2D eigenvalue weighted by molar-refractivity contribution is 0.0683. The lowest BCUT2D eigenvalue weighted by atomic mass is 9.75. The van der Waals surface area contributed by atoms with Gasteiger partial charge in [-0.25, -0.2) is 0 Å². The van der Waals surface area contributed by atoms with Gasteiger partial charge in [0.15, 0.2) is 0 Å². The van der Waals surface area contributed by atoms with Crippen molar-refractivity contribution in [3.05, 3.63) is 24.0 Å². The maximum Gasteiger partial charge on any atom is 0.0772 e. The van der Waals surface area contributed by atoms with Crippen molar-refractivity contribution in [1.82, 2.24) is 9.88 Å². The molecule has 1 aromatic heterocycles. The average Bonchev–Trinajstić information content (AvgIpc) is 2.33. The number of rotatable bonds is 5. The van der Waals surface area contributed by atoms with E-state index in [4.69, 9.17) is 5.73 Å². The van der Waals surface area contributed by atoms with Gasteiger partial charge in [0.05, 0.1) is 11.4 Å². The third-order valence-corrected chi connectivity index (χ3v) is 4.24. The van der Waals surface area contributed by atoms with E-state index in [-0.39, 0.29) is 0 Å². The summed E-state index contributed by atoms with van der Waals surface area (Å²) in [6.07, 6.45) is 5.71. The monoisotopic (exact) mass is 248 g/mol. The molecule has 0 radical (unpaired) electrons. The van der Waals surface area contributed by atoms with Crippen LogP contribution in [0.1, 0.15) is 25.0 Å². The fourth-order valence-electron chi connectivity index (χ4n) is 2.79. The first-order chi connectivity index (χ1) is 8.59. The van der Waals surface area contributed by atoms with Crippen molar-refractivity contribution in [1.29, 1.82) is 0 Å². The first-order valence-electron chi connectivity index (χ1n) is 6.61. The van der Waals surface area contributed by atoms with Crippen molar-refractivity contribution < 1.29 is 0 Å². The lowest BCUT2D eigenvalue weighted by Crippen LogP contribution is -2.56. The Kier molecular flexibility index (Phi) is 3.88. The number of nitrogens with two attached hydrogens (primary N) is 1. The largest absolute Gasteiger partial charge is 0.371 e. The summed E-state index contributed by atoms with van der Waals surface area (Å²) in [5.74, 6) is 0. The molecule has 0 atom stereocenters. The molecule has 1 saturated carbocycles. The van der Waals surface area contributed by atoms with Crippen LogP contribution in [0.2, 0.25) is 0 Å². The highest BCUT2D eigenvalue weighted by Gasteiger charge is 2.40. The number of pyridine rings is 1. The second-order valence-corrected chi connectivity index (χ2v) is 5.50. The normalized spacial score (nSPS) is 17.6. The van der Waals surface area contributed by atoms with E-state index in [0.29, 0.717) is 12.1 Å². The van der Waals surface area contributed by atoms with Gasteiger partial charge in [0, 0.05) is 31.9 Å². The van der Waals surface area contributed by atoms with Crippen molar-refractivity contribution >= 4 is 5.69 Å². The van der Waals surface area contributed by atoms with Crippen LogP contribution in [0, 0.1) is 0 Å². The Bertz CT molecular complexity index is 399. The van der Waals surface area contributed by atoms with E-state index in [1.165, 1.54) is 19.3 Å². The van der Waals surface area contributed by atoms with Crippen LogP contribution in [0.5, 0.6) is 0 Å². The maximum atomic E-state index is 5.76. The summed E-state index contributed by atoms with van der Waals surface area (Å²) < 4.78 is 0. The number of anilines is 1. The second kappa shape index (κ2) is 5.24. The number of nitrogens with zero attached hydrogens (tertiary/aromatic N) is 3. The molecule has 1 aliphatic carbocycles. The van der Waals surface area contributed by atoms with Crippen LogP contribution in [-0.4, -0.2) is 43.1 Å². The Morgan fingerprint density at radius 2 is 2.06 bits per heavy atom. The lowest BCUT2D eigenvalue weighted by Gasteiger charge is -2.49. The highest BCUT2D eigenvalue weighted by molar-refractivity contribution is 5.50. The molecule has 0 amide bonds.